The predicted octanol–water partition coefficient (Wildman–Crippen LogP) is 3.79. The number of benzene rings is 1. The Hall–Kier alpha value is -2.49. The third-order valence-corrected chi connectivity index (χ3v) is 9.49. The molecule has 0 radical (unpaired) electrons. The molecular weight excluding hydrogens is 574 g/mol. The van der Waals surface area contributed by atoms with Gasteiger partial charge in [0.15, 0.2) is 0 Å². The number of carbonyl (C=O) groups excluding carboxylic acids is 3. The Kier molecular flexibility index (Phi) is 9.58. The first-order chi connectivity index (χ1) is 19.2. The van der Waals surface area contributed by atoms with E-state index < -0.39 is 35.6 Å². The van der Waals surface area contributed by atoms with Gasteiger partial charge in [0.1, 0.15) is 11.6 Å². The molecule has 1 aromatic carbocycles. The number of nitrogens with zero attached hydrogens (tertiary/aromatic N) is 3. The number of unbranched alkanes of at least 4 members (excludes halogenated alkanes) is 1. The van der Waals surface area contributed by atoms with Gasteiger partial charge < -0.3 is 24.5 Å². The van der Waals surface area contributed by atoms with Crippen LogP contribution in [0.15, 0.2) is 55.6 Å². The van der Waals surface area contributed by atoms with Gasteiger partial charge in [-0.05, 0) is 30.9 Å². The smallest absolute Gasteiger partial charge is 0.248 e. The summed E-state index contributed by atoms with van der Waals surface area (Å²) < 4.78 is 6.70. The largest absolute Gasteiger partial charge is 0.394 e. The molecule has 3 saturated heterocycles. The zero-order valence-corrected chi connectivity index (χ0v) is 25.3. The van der Waals surface area contributed by atoms with E-state index in [2.05, 4.69) is 36.0 Å². The van der Waals surface area contributed by atoms with Gasteiger partial charge >= 0.3 is 0 Å². The number of amides is 3. The minimum Gasteiger partial charge on any atom is -0.394 e. The lowest BCUT2D eigenvalue weighted by Gasteiger charge is -2.40. The summed E-state index contributed by atoms with van der Waals surface area (Å²) in [5, 5.41) is 10.5. The molecule has 0 aliphatic carbocycles. The average Bonchev–Trinajstić information content (AvgIpc) is 3.53. The first kappa shape index (κ1) is 30.5. The lowest BCUT2D eigenvalue weighted by molar-refractivity contribution is -0.152. The van der Waals surface area contributed by atoms with Crippen molar-refractivity contribution in [2.45, 2.75) is 68.6 Å². The van der Waals surface area contributed by atoms with Crippen LogP contribution in [0.4, 0.5) is 5.69 Å². The standard InChI is InChI=1S/C31H42BrN3O5/c1-6-9-17-33(15-7-2)30(39)27-31-18-22(32)26(40-31)24(25(31)29(38)35(27)23(19-36)20(4)5)28(37)34(16-8-3)21-13-11-10-12-14-21/h7-8,10-14,20,22-27,36H,2-3,6,9,15-19H2,1,4-5H3/t22?,23-,24+,25-,26+,27?,31?/m0/s1. The van der Waals surface area contributed by atoms with Crippen molar-refractivity contribution >= 4 is 39.3 Å². The molecule has 3 unspecified atom stereocenters. The highest BCUT2D eigenvalue weighted by atomic mass is 79.9. The summed E-state index contributed by atoms with van der Waals surface area (Å²) in [7, 11) is 0. The second-order valence-corrected chi connectivity index (χ2v) is 12.6. The molecule has 3 aliphatic heterocycles. The highest BCUT2D eigenvalue weighted by Crippen LogP contribution is 2.61. The molecule has 7 atom stereocenters. The third kappa shape index (κ3) is 5.05. The Balaban J connectivity index is 1.82. The van der Waals surface area contributed by atoms with E-state index in [0.717, 1.165) is 12.8 Å². The monoisotopic (exact) mass is 615 g/mol. The van der Waals surface area contributed by atoms with Gasteiger partial charge in [0.05, 0.1) is 30.6 Å². The van der Waals surface area contributed by atoms with Crippen molar-refractivity contribution in [2.24, 2.45) is 17.8 Å². The van der Waals surface area contributed by atoms with Crippen LogP contribution in [-0.4, -0.2) is 87.5 Å². The van der Waals surface area contributed by atoms with E-state index >= 15 is 0 Å². The Morgan fingerprint density at radius 2 is 1.88 bits per heavy atom. The number of ether oxygens (including phenoxy) is 1. The number of aliphatic hydroxyl groups is 1. The molecular formula is C31H42BrN3O5. The topological polar surface area (TPSA) is 90.4 Å². The van der Waals surface area contributed by atoms with E-state index in [1.54, 1.807) is 26.9 Å². The van der Waals surface area contributed by atoms with Crippen LogP contribution in [0.1, 0.15) is 40.0 Å². The summed E-state index contributed by atoms with van der Waals surface area (Å²) in [6.45, 7) is 14.4. The summed E-state index contributed by atoms with van der Waals surface area (Å²) in [6, 6.07) is 7.77. The number of para-hydroxylation sites is 1. The molecule has 0 aromatic heterocycles. The fraction of sp³-hybridized carbons (Fsp3) is 0.581. The molecule has 218 valence electrons. The Morgan fingerprint density at radius 1 is 1.20 bits per heavy atom. The number of alkyl halides is 1. The Bertz CT molecular complexity index is 1110. The number of anilines is 1. The molecule has 3 heterocycles. The van der Waals surface area contributed by atoms with Gasteiger partial charge in [-0.2, -0.15) is 0 Å². The van der Waals surface area contributed by atoms with Crippen molar-refractivity contribution in [3.05, 3.63) is 55.6 Å². The van der Waals surface area contributed by atoms with Crippen molar-refractivity contribution < 1.29 is 24.2 Å². The van der Waals surface area contributed by atoms with Crippen LogP contribution in [0.3, 0.4) is 0 Å². The molecule has 40 heavy (non-hydrogen) atoms. The molecule has 4 rings (SSSR count). The number of hydrogen-bond acceptors (Lipinski definition) is 5. The van der Waals surface area contributed by atoms with Gasteiger partial charge in [0, 0.05) is 30.1 Å². The zero-order valence-electron chi connectivity index (χ0n) is 23.7. The van der Waals surface area contributed by atoms with Gasteiger partial charge in [0.25, 0.3) is 0 Å². The number of halogens is 1. The number of fused-ring (bicyclic) bond motifs is 1. The van der Waals surface area contributed by atoms with Crippen LogP contribution >= 0.6 is 15.9 Å². The van der Waals surface area contributed by atoms with Crippen LogP contribution in [0.2, 0.25) is 0 Å². The van der Waals surface area contributed by atoms with Gasteiger partial charge in [0.2, 0.25) is 17.7 Å². The number of rotatable bonds is 13. The van der Waals surface area contributed by atoms with E-state index in [1.165, 1.54) is 0 Å². The lowest BCUT2D eigenvalue weighted by atomic mass is 9.70. The van der Waals surface area contributed by atoms with Crippen LogP contribution in [-0.2, 0) is 19.1 Å². The lowest BCUT2D eigenvalue weighted by Crippen LogP contribution is -2.60. The van der Waals surface area contributed by atoms with Crippen molar-refractivity contribution in [1.29, 1.82) is 0 Å². The maximum absolute atomic E-state index is 14.5. The van der Waals surface area contributed by atoms with E-state index in [-0.39, 0.29) is 41.6 Å². The summed E-state index contributed by atoms with van der Waals surface area (Å²) in [5.74, 6) is -2.49. The molecule has 1 N–H and O–H groups in total. The summed E-state index contributed by atoms with van der Waals surface area (Å²) in [4.78, 5) is 47.9. The van der Waals surface area contributed by atoms with Gasteiger partial charge in [-0.15, -0.1) is 13.2 Å². The summed E-state index contributed by atoms with van der Waals surface area (Å²) in [5.41, 5.74) is -0.477. The second kappa shape index (κ2) is 12.6. The minimum atomic E-state index is -1.18. The minimum absolute atomic E-state index is 0.115. The van der Waals surface area contributed by atoms with E-state index in [4.69, 9.17) is 4.74 Å². The van der Waals surface area contributed by atoms with E-state index in [0.29, 0.717) is 25.2 Å². The van der Waals surface area contributed by atoms with Gasteiger partial charge in [-0.25, -0.2) is 0 Å². The van der Waals surface area contributed by atoms with Crippen molar-refractivity contribution in [3.8, 4) is 0 Å². The fourth-order valence-corrected chi connectivity index (χ4v) is 7.76. The Morgan fingerprint density at radius 3 is 2.45 bits per heavy atom. The highest BCUT2D eigenvalue weighted by Gasteiger charge is 2.77. The molecule has 1 spiro atoms. The quantitative estimate of drug-likeness (QED) is 0.269. The van der Waals surface area contributed by atoms with Crippen LogP contribution in [0.5, 0.6) is 0 Å². The van der Waals surface area contributed by atoms with E-state index in [9.17, 15) is 19.5 Å². The number of aliphatic hydroxyl groups excluding tert-OH is 1. The highest BCUT2D eigenvalue weighted by molar-refractivity contribution is 9.09. The normalized spacial score (nSPS) is 29.4. The molecule has 3 fully saturated rings. The maximum Gasteiger partial charge on any atom is 0.248 e. The first-order valence-electron chi connectivity index (χ1n) is 14.3. The summed E-state index contributed by atoms with van der Waals surface area (Å²) in [6.07, 6.45) is 4.93. The van der Waals surface area contributed by atoms with Crippen molar-refractivity contribution in [3.63, 3.8) is 0 Å². The number of carbonyl (C=O) groups is 3. The predicted molar refractivity (Wildman–Crippen MR) is 159 cm³/mol. The third-order valence-electron chi connectivity index (χ3n) is 8.65. The van der Waals surface area contributed by atoms with Crippen molar-refractivity contribution in [1.82, 2.24) is 9.80 Å². The van der Waals surface area contributed by atoms with Crippen LogP contribution in [0, 0.1) is 17.8 Å². The molecule has 9 heteroatoms. The van der Waals surface area contributed by atoms with Crippen LogP contribution < -0.4 is 4.90 Å². The molecule has 3 aliphatic rings. The summed E-state index contributed by atoms with van der Waals surface area (Å²) >= 11 is 3.75. The number of hydrogen-bond donors (Lipinski definition) is 1. The average molecular weight is 617 g/mol. The SMILES string of the molecule is C=CCN(CCCC)C(=O)C1N([C@@H](CO)C(C)C)C(=O)[C@@H]2[C@@H](C(=O)N(CC=C)c3ccccc3)[C@@H]3OC12CC3Br. The zero-order chi connectivity index (χ0) is 29.2. The molecule has 0 saturated carbocycles. The van der Waals surface area contributed by atoms with Gasteiger partial charge in [-0.1, -0.05) is 73.5 Å². The van der Waals surface area contributed by atoms with E-state index in [1.807, 2.05) is 44.2 Å². The van der Waals surface area contributed by atoms with Gasteiger partial charge in [-0.3, -0.25) is 14.4 Å². The van der Waals surface area contributed by atoms with Crippen molar-refractivity contribution in [2.75, 3.05) is 31.1 Å². The number of likely N-dealkylation sites (tertiary alicyclic amines) is 1. The Labute approximate surface area is 246 Å². The molecule has 2 bridgehead atoms. The second-order valence-electron chi connectivity index (χ2n) is 11.4. The van der Waals surface area contributed by atoms with Crippen LogP contribution in [0.25, 0.3) is 0 Å². The molecule has 1 aromatic rings. The molecule has 8 nitrogen and oxygen atoms in total. The first-order valence-corrected chi connectivity index (χ1v) is 15.2. The molecule has 3 amide bonds. The maximum atomic E-state index is 14.5. The fourth-order valence-electron chi connectivity index (χ4n) is 6.82.